The molecular weight excluding hydrogens is 314 g/mol. The fraction of sp³-hybridized carbons (Fsp3) is 0.375. The van der Waals surface area contributed by atoms with E-state index in [1.165, 1.54) is 20.9 Å². The zero-order valence-corrected chi connectivity index (χ0v) is 14.0. The maximum Gasteiger partial charge on any atom is 0.329 e. The van der Waals surface area contributed by atoms with Gasteiger partial charge in [-0.05, 0) is 32.9 Å². The third kappa shape index (κ3) is 5.71. The molecule has 0 spiro atoms. The van der Waals surface area contributed by atoms with Gasteiger partial charge in [-0.1, -0.05) is 17.7 Å². The lowest BCUT2D eigenvalue weighted by Gasteiger charge is -2.17. The van der Waals surface area contributed by atoms with E-state index in [1.54, 1.807) is 18.2 Å². The number of esters is 1. The van der Waals surface area contributed by atoms with Gasteiger partial charge in [-0.2, -0.15) is 0 Å². The van der Waals surface area contributed by atoms with Crippen LogP contribution in [0.4, 0.5) is 4.79 Å². The molecule has 8 heteroatoms. The van der Waals surface area contributed by atoms with Gasteiger partial charge in [-0.3, -0.25) is 14.9 Å². The van der Waals surface area contributed by atoms with E-state index in [-0.39, 0.29) is 0 Å². The van der Waals surface area contributed by atoms with Crippen LogP contribution in [-0.2, 0) is 14.3 Å². The zero-order chi connectivity index (χ0) is 18.3. The van der Waals surface area contributed by atoms with Crippen LogP contribution < -0.4 is 16.0 Å². The Bertz CT molecular complexity index is 644. The molecule has 2 atom stereocenters. The molecule has 0 heterocycles. The van der Waals surface area contributed by atoms with Crippen molar-refractivity contribution < 1.29 is 23.9 Å². The number of carbonyl (C=O) groups excluding carboxylic acids is 4. The lowest BCUT2D eigenvalue weighted by atomic mass is 10.1. The monoisotopic (exact) mass is 335 g/mol. The predicted octanol–water partition coefficient (Wildman–Crippen LogP) is 0.501. The van der Waals surface area contributed by atoms with Gasteiger partial charge in [-0.15, -0.1) is 0 Å². The Morgan fingerprint density at radius 3 is 2.38 bits per heavy atom. The quantitative estimate of drug-likeness (QED) is 0.678. The second kappa shape index (κ2) is 8.66. The van der Waals surface area contributed by atoms with Crippen molar-refractivity contribution in [3.8, 4) is 0 Å². The number of hydrogen-bond donors (Lipinski definition) is 3. The number of carbonyl (C=O) groups is 4. The molecule has 24 heavy (non-hydrogen) atoms. The van der Waals surface area contributed by atoms with Crippen molar-refractivity contribution in [1.82, 2.24) is 16.0 Å². The minimum Gasteiger partial charge on any atom is -0.451 e. The van der Waals surface area contributed by atoms with Crippen LogP contribution in [0.25, 0.3) is 0 Å². The number of nitrogens with one attached hydrogen (secondary N) is 3. The van der Waals surface area contributed by atoms with Crippen LogP contribution >= 0.6 is 0 Å². The molecule has 0 saturated heterocycles. The molecule has 130 valence electrons. The first-order chi connectivity index (χ1) is 11.2. The number of rotatable bonds is 5. The smallest absolute Gasteiger partial charge is 0.329 e. The Hall–Kier alpha value is -2.90. The Balaban J connectivity index is 2.56. The summed E-state index contributed by atoms with van der Waals surface area (Å²) in [4.78, 5) is 46.6. The van der Waals surface area contributed by atoms with Gasteiger partial charge >= 0.3 is 12.0 Å². The Morgan fingerprint density at radius 1 is 1.12 bits per heavy atom. The molecule has 0 aliphatic heterocycles. The second-order valence-corrected chi connectivity index (χ2v) is 5.21. The molecule has 1 aromatic rings. The van der Waals surface area contributed by atoms with Crippen LogP contribution in [0, 0.1) is 6.92 Å². The molecule has 0 radical (unpaired) electrons. The van der Waals surface area contributed by atoms with Crippen LogP contribution in [0.1, 0.15) is 29.8 Å². The summed E-state index contributed by atoms with van der Waals surface area (Å²) in [5.74, 6) is -1.97. The van der Waals surface area contributed by atoms with E-state index in [0.29, 0.717) is 5.56 Å². The van der Waals surface area contributed by atoms with Crippen molar-refractivity contribution in [2.75, 3.05) is 7.05 Å². The van der Waals surface area contributed by atoms with Gasteiger partial charge in [-0.25, -0.2) is 9.59 Å². The topological polar surface area (TPSA) is 114 Å². The Labute approximate surface area is 139 Å². The fourth-order valence-corrected chi connectivity index (χ4v) is 1.73. The SMILES string of the molecule is CNC(=O)NC(=O)[C@@H](C)OC(=O)[C@H](C)NC(=O)c1cccc(C)c1. The highest BCUT2D eigenvalue weighted by atomic mass is 16.5. The maximum atomic E-state index is 12.1. The lowest BCUT2D eigenvalue weighted by Crippen LogP contribution is -2.46. The summed E-state index contributed by atoms with van der Waals surface area (Å²) in [6.07, 6.45) is -1.17. The Morgan fingerprint density at radius 2 is 1.79 bits per heavy atom. The van der Waals surface area contributed by atoms with Gasteiger partial charge in [0.1, 0.15) is 6.04 Å². The standard InChI is InChI=1S/C16H21N3O5/c1-9-6-5-7-12(8-9)14(21)18-10(2)15(22)24-11(3)13(20)19-16(23)17-4/h5-8,10-11H,1-4H3,(H,18,21)(H2,17,19,20,23)/t10-,11+/m0/s1. The summed E-state index contributed by atoms with van der Waals surface area (Å²) in [6, 6.07) is 5.24. The number of hydrogen-bond acceptors (Lipinski definition) is 5. The van der Waals surface area contributed by atoms with Gasteiger partial charge < -0.3 is 15.4 Å². The first kappa shape index (κ1) is 19.1. The van der Waals surface area contributed by atoms with Crippen LogP contribution in [0.15, 0.2) is 24.3 Å². The molecule has 0 bridgehead atoms. The van der Waals surface area contributed by atoms with Crippen LogP contribution in [0.5, 0.6) is 0 Å². The van der Waals surface area contributed by atoms with E-state index in [1.807, 2.05) is 18.3 Å². The zero-order valence-electron chi connectivity index (χ0n) is 14.0. The Kier molecular flexibility index (Phi) is 6.91. The summed E-state index contributed by atoms with van der Waals surface area (Å²) in [6.45, 7) is 4.62. The van der Waals surface area contributed by atoms with Crippen molar-refractivity contribution in [2.45, 2.75) is 32.9 Å². The highest BCUT2D eigenvalue weighted by Crippen LogP contribution is 2.05. The van der Waals surface area contributed by atoms with Crippen molar-refractivity contribution in [2.24, 2.45) is 0 Å². The highest BCUT2D eigenvalue weighted by Gasteiger charge is 2.24. The van der Waals surface area contributed by atoms with Crippen molar-refractivity contribution in [3.63, 3.8) is 0 Å². The summed E-state index contributed by atoms with van der Waals surface area (Å²) in [5, 5.41) is 6.70. The molecule has 3 N–H and O–H groups in total. The molecule has 4 amide bonds. The fourth-order valence-electron chi connectivity index (χ4n) is 1.73. The number of ether oxygens (including phenoxy) is 1. The van der Waals surface area contributed by atoms with Crippen molar-refractivity contribution in [1.29, 1.82) is 0 Å². The summed E-state index contributed by atoms with van der Waals surface area (Å²) < 4.78 is 4.93. The molecule has 0 unspecified atom stereocenters. The van der Waals surface area contributed by atoms with Gasteiger partial charge in [0.15, 0.2) is 6.10 Å². The maximum absolute atomic E-state index is 12.1. The van der Waals surface area contributed by atoms with Gasteiger partial charge in [0.05, 0.1) is 0 Å². The molecule has 1 rings (SSSR count). The first-order valence-corrected chi connectivity index (χ1v) is 7.35. The van der Waals surface area contributed by atoms with Crippen LogP contribution in [-0.4, -0.2) is 43.0 Å². The number of amides is 4. The molecule has 0 aliphatic carbocycles. The van der Waals surface area contributed by atoms with E-state index in [9.17, 15) is 19.2 Å². The van der Waals surface area contributed by atoms with E-state index in [2.05, 4.69) is 10.6 Å². The molecule has 0 aliphatic rings. The summed E-state index contributed by atoms with van der Waals surface area (Å²) in [5.41, 5.74) is 1.33. The van der Waals surface area contributed by atoms with Gasteiger partial charge in [0, 0.05) is 12.6 Å². The van der Waals surface area contributed by atoms with E-state index in [4.69, 9.17) is 4.74 Å². The van der Waals surface area contributed by atoms with Crippen LogP contribution in [0.3, 0.4) is 0 Å². The second-order valence-electron chi connectivity index (χ2n) is 5.21. The molecule has 0 aromatic heterocycles. The number of aryl methyl sites for hydroxylation is 1. The average molecular weight is 335 g/mol. The molecule has 0 saturated carbocycles. The van der Waals surface area contributed by atoms with Crippen molar-refractivity contribution >= 4 is 23.8 Å². The molecule has 0 fully saturated rings. The van der Waals surface area contributed by atoms with E-state index >= 15 is 0 Å². The molecule has 1 aromatic carbocycles. The largest absolute Gasteiger partial charge is 0.451 e. The number of urea groups is 1. The third-order valence-corrected chi connectivity index (χ3v) is 3.11. The molecule has 8 nitrogen and oxygen atoms in total. The minimum absolute atomic E-state index is 0.417. The van der Waals surface area contributed by atoms with E-state index < -0.39 is 36.0 Å². The lowest BCUT2D eigenvalue weighted by molar-refractivity contribution is -0.155. The molecular formula is C16H21N3O5. The van der Waals surface area contributed by atoms with Crippen LogP contribution in [0.2, 0.25) is 0 Å². The van der Waals surface area contributed by atoms with Gasteiger partial charge in [0.25, 0.3) is 11.8 Å². The minimum atomic E-state index is -1.17. The highest BCUT2D eigenvalue weighted by molar-refractivity contribution is 5.98. The predicted molar refractivity (Wildman–Crippen MR) is 86.3 cm³/mol. The van der Waals surface area contributed by atoms with Crippen molar-refractivity contribution in [3.05, 3.63) is 35.4 Å². The average Bonchev–Trinajstić information content (AvgIpc) is 2.54. The first-order valence-electron chi connectivity index (χ1n) is 7.35. The van der Waals surface area contributed by atoms with E-state index in [0.717, 1.165) is 5.56 Å². The summed E-state index contributed by atoms with van der Waals surface area (Å²) >= 11 is 0. The third-order valence-electron chi connectivity index (χ3n) is 3.11. The normalized spacial score (nSPS) is 12.5. The van der Waals surface area contributed by atoms with Gasteiger partial charge in [0.2, 0.25) is 0 Å². The number of imide groups is 1. The number of benzene rings is 1. The summed E-state index contributed by atoms with van der Waals surface area (Å²) in [7, 11) is 1.35.